The van der Waals surface area contributed by atoms with Gasteiger partial charge in [-0.2, -0.15) is 0 Å². The number of H-pyrrole nitrogens is 1. The van der Waals surface area contributed by atoms with Crippen LogP contribution in [0.3, 0.4) is 0 Å². The van der Waals surface area contributed by atoms with E-state index >= 15 is 0 Å². The van der Waals surface area contributed by atoms with Gasteiger partial charge in [0.1, 0.15) is 5.82 Å². The zero-order valence-electron chi connectivity index (χ0n) is 9.66. The first-order valence-electron chi connectivity index (χ1n) is 5.93. The van der Waals surface area contributed by atoms with Gasteiger partial charge in [0.05, 0.1) is 17.0 Å². The Morgan fingerprint density at radius 3 is 3.12 bits per heavy atom. The molecule has 1 aliphatic rings. The maximum atomic E-state index is 11.9. The first-order chi connectivity index (χ1) is 8.19. The normalized spacial score (nSPS) is 18.6. The Labute approximate surface area is 98.3 Å². The van der Waals surface area contributed by atoms with E-state index in [1.807, 2.05) is 13.0 Å². The number of aliphatic hydroxyl groups is 1. The molecule has 1 aliphatic carbocycles. The molecular weight excluding hydrogens is 216 g/mol. The fourth-order valence-corrected chi connectivity index (χ4v) is 2.44. The number of rotatable bonds is 1. The highest BCUT2D eigenvalue weighted by atomic mass is 16.3. The van der Waals surface area contributed by atoms with Crippen molar-refractivity contribution in [3.63, 3.8) is 0 Å². The summed E-state index contributed by atoms with van der Waals surface area (Å²) >= 11 is 0. The molecule has 1 heterocycles. The van der Waals surface area contributed by atoms with E-state index in [9.17, 15) is 9.90 Å². The molecular formula is C13H14N2O2. The third kappa shape index (κ3) is 1.56. The van der Waals surface area contributed by atoms with Crippen molar-refractivity contribution in [2.24, 2.45) is 0 Å². The molecule has 17 heavy (non-hydrogen) atoms. The molecule has 0 fully saturated rings. The number of aromatic nitrogens is 2. The molecule has 1 unspecified atom stereocenters. The lowest BCUT2D eigenvalue weighted by Gasteiger charge is -2.06. The first kappa shape index (κ1) is 10.5. The Hall–Kier alpha value is -1.68. The molecule has 2 N–H and O–H groups in total. The third-order valence-corrected chi connectivity index (χ3v) is 3.40. The van der Waals surface area contributed by atoms with Crippen molar-refractivity contribution in [2.75, 3.05) is 0 Å². The van der Waals surface area contributed by atoms with Crippen LogP contribution < -0.4 is 5.56 Å². The van der Waals surface area contributed by atoms with E-state index in [0.29, 0.717) is 17.6 Å². The monoisotopic (exact) mass is 230 g/mol. The van der Waals surface area contributed by atoms with E-state index in [0.717, 1.165) is 29.5 Å². The van der Waals surface area contributed by atoms with Crippen molar-refractivity contribution < 1.29 is 5.11 Å². The van der Waals surface area contributed by atoms with Crippen molar-refractivity contribution in [1.82, 2.24) is 9.97 Å². The topological polar surface area (TPSA) is 66.0 Å². The van der Waals surface area contributed by atoms with E-state index in [1.54, 1.807) is 6.07 Å². The summed E-state index contributed by atoms with van der Waals surface area (Å²) in [5.74, 6) is 0.709. The molecule has 0 bridgehead atoms. The lowest BCUT2D eigenvalue weighted by atomic mass is 10.1. The Balaban J connectivity index is 2.33. The van der Waals surface area contributed by atoms with Gasteiger partial charge in [0.25, 0.3) is 5.56 Å². The number of aliphatic hydroxyl groups excluding tert-OH is 1. The van der Waals surface area contributed by atoms with Crippen molar-refractivity contribution >= 4 is 10.9 Å². The van der Waals surface area contributed by atoms with Crippen LogP contribution in [0.5, 0.6) is 0 Å². The number of nitrogens with one attached hydrogen (secondary N) is 1. The van der Waals surface area contributed by atoms with Crippen molar-refractivity contribution in [1.29, 1.82) is 0 Å². The smallest absolute Gasteiger partial charge is 0.258 e. The molecule has 4 heteroatoms. The van der Waals surface area contributed by atoms with E-state index in [4.69, 9.17) is 0 Å². The fraction of sp³-hybridized carbons (Fsp3) is 0.385. The summed E-state index contributed by atoms with van der Waals surface area (Å²) < 4.78 is 0. The van der Waals surface area contributed by atoms with Gasteiger partial charge in [-0.1, -0.05) is 6.92 Å². The molecule has 1 aromatic carbocycles. The number of hydrogen-bond donors (Lipinski definition) is 2. The summed E-state index contributed by atoms with van der Waals surface area (Å²) in [4.78, 5) is 19.1. The number of benzene rings is 1. The van der Waals surface area contributed by atoms with Crippen LogP contribution in [-0.4, -0.2) is 15.1 Å². The minimum atomic E-state index is -0.431. The molecule has 1 aromatic heterocycles. The van der Waals surface area contributed by atoms with Crippen LogP contribution in [0, 0.1) is 0 Å². The lowest BCUT2D eigenvalue weighted by molar-refractivity contribution is 0.180. The molecule has 0 saturated carbocycles. The SMILES string of the molecule is CCc1nc2cc3c(cc2c(=O)[nH]1)C(O)CC3. The molecule has 0 spiro atoms. The Kier molecular flexibility index (Phi) is 2.26. The quantitative estimate of drug-likeness (QED) is 0.779. The predicted octanol–water partition coefficient (Wildman–Crippen LogP) is 1.47. The van der Waals surface area contributed by atoms with Crippen molar-refractivity contribution in [2.45, 2.75) is 32.3 Å². The molecule has 3 rings (SSSR count). The van der Waals surface area contributed by atoms with E-state index in [-0.39, 0.29) is 5.56 Å². The highest BCUT2D eigenvalue weighted by molar-refractivity contribution is 5.80. The number of aromatic amines is 1. The summed E-state index contributed by atoms with van der Waals surface area (Å²) in [6, 6.07) is 3.73. The number of fused-ring (bicyclic) bond motifs is 2. The second-order valence-corrected chi connectivity index (χ2v) is 4.49. The van der Waals surface area contributed by atoms with Crippen LogP contribution in [0.2, 0.25) is 0 Å². The standard InChI is InChI=1S/C13H14N2O2/c1-2-12-14-10-5-7-3-4-11(16)8(7)6-9(10)13(17)15-12/h5-6,11,16H,2-4H2,1H3,(H,14,15,17). The lowest BCUT2D eigenvalue weighted by Crippen LogP contribution is -2.12. The molecule has 2 aromatic rings. The van der Waals surface area contributed by atoms with Gasteiger partial charge in [-0.25, -0.2) is 4.98 Å². The van der Waals surface area contributed by atoms with Gasteiger partial charge >= 0.3 is 0 Å². The predicted molar refractivity (Wildman–Crippen MR) is 65.0 cm³/mol. The van der Waals surface area contributed by atoms with Crippen LogP contribution in [0.25, 0.3) is 10.9 Å². The van der Waals surface area contributed by atoms with Gasteiger partial charge < -0.3 is 10.1 Å². The van der Waals surface area contributed by atoms with Crippen LogP contribution in [0.1, 0.15) is 36.4 Å². The number of nitrogens with zero attached hydrogens (tertiary/aromatic N) is 1. The number of hydrogen-bond acceptors (Lipinski definition) is 3. The van der Waals surface area contributed by atoms with Crippen LogP contribution in [0.15, 0.2) is 16.9 Å². The Morgan fingerprint density at radius 1 is 1.53 bits per heavy atom. The van der Waals surface area contributed by atoms with Gasteiger partial charge in [0.2, 0.25) is 0 Å². The fourth-order valence-electron chi connectivity index (χ4n) is 2.44. The van der Waals surface area contributed by atoms with Crippen molar-refractivity contribution in [3.8, 4) is 0 Å². The second kappa shape index (κ2) is 3.67. The molecule has 0 saturated heterocycles. The van der Waals surface area contributed by atoms with Gasteiger partial charge in [-0.15, -0.1) is 0 Å². The summed E-state index contributed by atoms with van der Waals surface area (Å²) in [5, 5.41) is 10.4. The zero-order valence-corrected chi connectivity index (χ0v) is 9.66. The summed E-state index contributed by atoms with van der Waals surface area (Å²) in [6.07, 6.45) is 1.89. The molecule has 1 atom stereocenters. The Bertz CT molecular complexity index is 646. The van der Waals surface area contributed by atoms with E-state index in [1.165, 1.54) is 0 Å². The minimum absolute atomic E-state index is 0.117. The average Bonchev–Trinajstić information content (AvgIpc) is 2.68. The van der Waals surface area contributed by atoms with Gasteiger partial charge in [0, 0.05) is 6.42 Å². The maximum Gasteiger partial charge on any atom is 0.258 e. The largest absolute Gasteiger partial charge is 0.388 e. The first-order valence-corrected chi connectivity index (χ1v) is 5.93. The van der Waals surface area contributed by atoms with E-state index < -0.39 is 6.10 Å². The van der Waals surface area contributed by atoms with Gasteiger partial charge in [-0.05, 0) is 36.1 Å². The molecule has 0 aliphatic heterocycles. The molecule has 4 nitrogen and oxygen atoms in total. The third-order valence-electron chi connectivity index (χ3n) is 3.40. The molecule has 88 valence electrons. The second-order valence-electron chi connectivity index (χ2n) is 4.49. The Morgan fingerprint density at radius 2 is 2.35 bits per heavy atom. The van der Waals surface area contributed by atoms with E-state index in [2.05, 4.69) is 9.97 Å². The summed E-state index contributed by atoms with van der Waals surface area (Å²) in [7, 11) is 0. The van der Waals surface area contributed by atoms with Crippen molar-refractivity contribution in [3.05, 3.63) is 39.4 Å². The summed E-state index contributed by atoms with van der Waals surface area (Å²) in [6.45, 7) is 1.96. The van der Waals surface area contributed by atoms with Crippen LogP contribution in [-0.2, 0) is 12.8 Å². The van der Waals surface area contributed by atoms with Crippen LogP contribution in [0.4, 0.5) is 0 Å². The van der Waals surface area contributed by atoms with Gasteiger partial charge in [0.15, 0.2) is 0 Å². The highest BCUT2D eigenvalue weighted by Gasteiger charge is 2.21. The average molecular weight is 230 g/mol. The highest BCUT2D eigenvalue weighted by Crippen LogP contribution is 2.32. The van der Waals surface area contributed by atoms with Crippen LogP contribution >= 0.6 is 0 Å². The summed E-state index contributed by atoms with van der Waals surface area (Å²) in [5.41, 5.74) is 2.62. The van der Waals surface area contributed by atoms with Gasteiger partial charge in [-0.3, -0.25) is 4.79 Å². The molecule has 0 radical (unpaired) electrons. The maximum absolute atomic E-state index is 11.9. The zero-order chi connectivity index (χ0) is 12.0. The number of aryl methyl sites for hydroxylation is 2. The molecule has 0 amide bonds. The minimum Gasteiger partial charge on any atom is -0.388 e.